The summed E-state index contributed by atoms with van der Waals surface area (Å²) < 4.78 is 5.31. The van der Waals surface area contributed by atoms with Gasteiger partial charge < -0.3 is 14.6 Å². The Kier molecular flexibility index (Phi) is 4.97. The fourth-order valence-electron chi connectivity index (χ4n) is 3.09. The van der Waals surface area contributed by atoms with Crippen LogP contribution < -0.4 is 5.32 Å². The van der Waals surface area contributed by atoms with Gasteiger partial charge in [-0.25, -0.2) is 4.98 Å². The fourth-order valence-corrected chi connectivity index (χ4v) is 3.80. The molecule has 4 rings (SSSR count). The summed E-state index contributed by atoms with van der Waals surface area (Å²) in [5.74, 6) is 0.460. The number of thiazole rings is 1. The molecule has 4 heterocycles. The summed E-state index contributed by atoms with van der Waals surface area (Å²) in [5, 5.41) is 5.29. The quantitative estimate of drug-likeness (QED) is 0.748. The first-order chi connectivity index (χ1) is 13.2. The standard InChI is InChI=1S/C19H18N4O3S/c24-17(22-19-21-15(12-27-19)16-4-2-10-26-16)13-5-8-23(9-6-13)18(25)14-3-1-7-20-11-14/h1-4,7,10-13H,5-6,8-9H2,(H,21,22,24). The summed E-state index contributed by atoms with van der Waals surface area (Å²) in [4.78, 5) is 35.1. The molecule has 27 heavy (non-hydrogen) atoms. The van der Waals surface area contributed by atoms with Crippen LogP contribution in [-0.4, -0.2) is 39.8 Å². The van der Waals surface area contributed by atoms with Crippen LogP contribution in [0.25, 0.3) is 11.5 Å². The molecular weight excluding hydrogens is 364 g/mol. The number of aromatic nitrogens is 2. The van der Waals surface area contributed by atoms with Gasteiger partial charge in [-0.15, -0.1) is 11.3 Å². The molecule has 3 aromatic rings. The number of amides is 2. The van der Waals surface area contributed by atoms with Gasteiger partial charge in [-0.3, -0.25) is 14.6 Å². The highest BCUT2D eigenvalue weighted by Crippen LogP contribution is 2.26. The molecule has 0 aliphatic carbocycles. The van der Waals surface area contributed by atoms with Crippen LogP contribution in [0.5, 0.6) is 0 Å². The van der Waals surface area contributed by atoms with Crippen molar-refractivity contribution in [3.8, 4) is 11.5 Å². The Labute approximate surface area is 160 Å². The van der Waals surface area contributed by atoms with Gasteiger partial charge in [0.2, 0.25) is 5.91 Å². The van der Waals surface area contributed by atoms with Gasteiger partial charge in [-0.05, 0) is 37.1 Å². The molecule has 1 fully saturated rings. The molecule has 3 aromatic heterocycles. The van der Waals surface area contributed by atoms with Gasteiger partial charge in [0.05, 0.1) is 11.8 Å². The van der Waals surface area contributed by atoms with Crippen molar-refractivity contribution >= 4 is 28.3 Å². The Bertz CT molecular complexity index is 916. The Balaban J connectivity index is 1.32. The van der Waals surface area contributed by atoms with Gasteiger partial charge in [0.25, 0.3) is 5.91 Å². The van der Waals surface area contributed by atoms with E-state index in [1.54, 1.807) is 41.8 Å². The SMILES string of the molecule is O=C(Nc1nc(-c2ccco2)cs1)C1CCN(C(=O)c2cccnc2)CC1. The van der Waals surface area contributed by atoms with E-state index in [0.29, 0.717) is 48.1 Å². The highest BCUT2D eigenvalue weighted by Gasteiger charge is 2.28. The van der Waals surface area contributed by atoms with Crippen LogP contribution in [0.15, 0.2) is 52.7 Å². The maximum absolute atomic E-state index is 12.5. The number of piperidine rings is 1. The predicted octanol–water partition coefficient (Wildman–Crippen LogP) is 3.29. The van der Waals surface area contributed by atoms with Crippen LogP contribution in [0, 0.1) is 5.92 Å². The van der Waals surface area contributed by atoms with E-state index in [9.17, 15) is 9.59 Å². The van der Waals surface area contributed by atoms with Crippen LogP contribution in [-0.2, 0) is 4.79 Å². The lowest BCUT2D eigenvalue weighted by Crippen LogP contribution is -2.41. The summed E-state index contributed by atoms with van der Waals surface area (Å²) in [6.07, 6.45) is 6.07. The zero-order chi connectivity index (χ0) is 18.6. The van der Waals surface area contributed by atoms with E-state index in [1.165, 1.54) is 11.3 Å². The highest BCUT2D eigenvalue weighted by atomic mass is 32.1. The number of hydrogen-bond acceptors (Lipinski definition) is 6. The molecule has 0 atom stereocenters. The molecule has 0 unspecified atom stereocenters. The third-order valence-electron chi connectivity index (χ3n) is 4.57. The van der Waals surface area contributed by atoms with Crippen molar-refractivity contribution in [2.24, 2.45) is 5.92 Å². The molecular formula is C19H18N4O3S. The Morgan fingerprint density at radius 3 is 2.78 bits per heavy atom. The molecule has 0 aromatic carbocycles. The number of carbonyl (C=O) groups excluding carboxylic acids is 2. The molecule has 7 nitrogen and oxygen atoms in total. The third kappa shape index (κ3) is 3.90. The lowest BCUT2D eigenvalue weighted by atomic mass is 9.95. The first kappa shape index (κ1) is 17.4. The van der Waals surface area contributed by atoms with Crippen molar-refractivity contribution < 1.29 is 14.0 Å². The minimum Gasteiger partial charge on any atom is -0.463 e. The number of carbonyl (C=O) groups is 2. The summed E-state index contributed by atoms with van der Waals surface area (Å²) in [7, 11) is 0. The first-order valence-electron chi connectivity index (χ1n) is 8.70. The van der Waals surface area contributed by atoms with Crippen LogP contribution in [0.2, 0.25) is 0 Å². The van der Waals surface area contributed by atoms with Crippen LogP contribution >= 0.6 is 11.3 Å². The molecule has 0 spiro atoms. The van der Waals surface area contributed by atoms with Gasteiger partial charge in [-0.2, -0.15) is 0 Å². The van der Waals surface area contributed by atoms with Crippen LogP contribution in [0.4, 0.5) is 5.13 Å². The van der Waals surface area contributed by atoms with E-state index < -0.39 is 0 Å². The number of nitrogens with one attached hydrogen (secondary N) is 1. The number of pyridine rings is 1. The molecule has 1 aliphatic rings. The number of nitrogens with zero attached hydrogens (tertiary/aromatic N) is 3. The second kappa shape index (κ2) is 7.71. The average molecular weight is 382 g/mol. The molecule has 1 aliphatic heterocycles. The first-order valence-corrected chi connectivity index (χ1v) is 9.58. The summed E-state index contributed by atoms with van der Waals surface area (Å²) in [6.45, 7) is 1.11. The van der Waals surface area contributed by atoms with E-state index in [2.05, 4.69) is 15.3 Å². The normalized spacial score (nSPS) is 14.9. The number of hydrogen-bond donors (Lipinski definition) is 1. The molecule has 0 saturated carbocycles. The van der Waals surface area contributed by atoms with Crippen LogP contribution in [0.3, 0.4) is 0 Å². The van der Waals surface area contributed by atoms with Crippen molar-refractivity contribution in [2.45, 2.75) is 12.8 Å². The summed E-state index contributed by atoms with van der Waals surface area (Å²) in [5.41, 5.74) is 1.28. The maximum Gasteiger partial charge on any atom is 0.255 e. The molecule has 1 N–H and O–H groups in total. The Morgan fingerprint density at radius 1 is 1.22 bits per heavy atom. The minimum absolute atomic E-state index is 0.0371. The number of rotatable bonds is 4. The smallest absolute Gasteiger partial charge is 0.255 e. The molecule has 1 saturated heterocycles. The van der Waals surface area contributed by atoms with Crippen molar-refractivity contribution in [3.05, 3.63) is 53.9 Å². The molecule has 0 bridgehead atoms. The topological polar surface area (TPSA) is 88.3 Å². The third-order valence-corrected chi connectivity index (χ3v) is 5.33. The van der Waals surface area contributed by atoms with Gasteiger partial charge in [-0.1, -0.05) is 0 Å². The zero-order valence-electron chi connectivity index (χ0n) is 14.5. The number of anilines is 1. The summed E-state index contributed by atoms with van der Waals surface area (Å²) in [6, 6.07) is 7.13. The highest BCUT2D eigenvalue weighted by molar-refractivity contribution is 7.14. The summed E-state index contributed by atoms with van der Waals surface area (Å²) >= 11 is 1.37. The van der Waals surface area contributed by atoms with Crippen molar-refractivity contribution in [1.82, 2.24) is 14.9 Å². The van der Waals surface area contributed by atoms with Crippen molar-refractivity contribution in [3.63, 3.8) is 0 Å². The van der Waals surface area contributed by atoms with Crippen molar-refractivity contribution in [1.29, 1.82) is 0 Å². The number of likely N-dealkylation sites (tertiary alicyclic amines) is 1. The van der Waals surface area contributed by atoms with E-state index in [4.69, 9.17) is 4.42 Å². The second-order valence-electron chi connectivity index (χ2n) is 6.31. The number of furan rings is 1. The van der Waals surface area contributed by atoms with Gasteiger partial charge >= 0.3 is 0 Å². The zero-order valence-corrected chi connectivity index (χ0v) is 15.3. The lowest BCUT2D eigenvalue weighted by Gasteiger charge is -2.31. The van der Waals surface area contributed by atoms with Gasteiger partial charge in [0.15, 0.2) is 10.9 Å². The van der Waals surface area contributed by atoms with E-state index in [1.807, 2.05) is 11.4 Å². The lowest BCUT2D eigenvalue weighted by molar-refractivity contribution is -0.121. The maximum atomic E-state index is 12.5. The monoisotopic (exact) mass is 382 g/mol. The Hall–Kier alpha value is -3.00. The van der Waals surface area contributed by atoms with E-state index in [0.717, 1.165) is 0 Å². The molecule has 8 heteroatoms. The average Bonchev–Trinajstić information content (AvgIpc) is 3.40. The van der Waals surface area contributed by atoms with E-state index in [-0.39, 0.29) is 17.7 Å². The fraction of sp³-hybridized carbons (Fsp3) is 0.263. The molecule has 2 amide bonds. The predicted molar refractivity (Wildman–Crippen MR) is 101 cm³/mol. The molecule has 0 radical (unpaired) electrons. The van der Waals surface area contributed by atoms with E-state index >= 15 is 0 Å². The van der Waals surface area contributed by atoms with Crippen molar-refractivity contribution in [2.75, 3.05) is 18.4 Å². The largest absolute Gasteiger partial charge is 0.463 e. The minimum atomic E-state index is -0.126. The van der Waals surface area contributed by atoms with Gasteiger partial charge in [0, 0.05) is 36.8 Å². The Morgan fingerprint density at radius 2 is 2.07 bits per heavy atom. The van der Waals surface area contributed by atoms with Gasteiger partial charge in [0.1, 0.15) is 5.69 Å². The molecule has 138 valence electrons. The second-order valence-corrected chi connectivity index (χ2v) is 7.17. The van der Waals surface area contributed by atoms with Crippen LogP contribution in [0.1, 0.15) is 23.2 Å².